The average molecular weight is 500 g/mol. The van der Waals surface area contributed by atoms with Gasteiger partial charge in [0.25, 0.3) is 15.9 Å². The number of halogens is 2. The zero-order chi connectivity index (χ0) is 23.6. The summed E-state index contributed by atoms with van der Waals surface area (Å²) in [6.07, 6.45) is 1.89. The van der Waals surface area contributed by atoms with Gasteiger partial charge >= 0.3 is 0 Å². The fraction of sp³-hybridized carbons (Fsp3) is 0.0800. The van der Waals surface area contributed by atoms with E-state index in [1.54, 1.807) is 48.5 Å². The Morgan fingerprint density at radius 2 is 1.79 bits per heavy atom. The number of carbonyl (C=O) groups is 1. The molecule has 0 unspecified atom stereocenters. The maximum absolute atomic E-state index is 12.7. The van der Waals surface area contributed by atoms with E-state index in [4.69, 9.17) is 27.6 Å². The molecule has 4 aromatic rings. The molecule has 1 amide bonds. The lowest BCUT2D eigenvalue weighted by Crippen LogP contribution is -2.28. The minimum atomic E-state index is -3.98. The van der Waals surface area contributed by atoms with E-state index >= 15 is 0 Å². The molecule has 0 aliphatic rings. The van der Waals surface area contributed by atoms with E-state index in [9.17, 15) is 13.2 Å². The van der Waals surface area contributed by atoms with E-state index in [2.05, 4.69) is 4.72 Å². The Hall–Kier alpha value is -3.06. The van der Waals surface area contributed by atoms with Crippen molar-refractivity contribution >= 4 is 56.2 Å². The molecule has 0 saturated carbocycles. The van der Waals surface area contributed by atoms with Gasteiger partial charge in [0.15, 0.2) is 0 Å². The van der Waals surface area contributed by atoms with Crippen LogP contribution in [0.15, 0.2) is 76.6 Å². The number of furan rings is 1. The molecule has 0 aliphatic carbocycles. The summed E-state index contributed by atoms with van der Waals surface area (Å²) in [4.78, 5) is 12.7. The highest BCUT2D eigenvalue weighted by molar-refractivity contribution is 7.93. The number of amides is 1. The molecule has 33 heavy (non-hydrogen) atoms. The third-order valence-electron chi connectivity index (χ3n) is 5.11. The fourth-order valence-corrected chi connectivity index (χ4v) is 4.70. The summed E-state index contributed by atoms with van der Waals surface area (Å²) in [7, 11) is -3.98. The zero-order valence-electron chi connectivity index (χ0n) is 17.5. The topological polar surface area (TPSA) is 76.4 Å². The normalized spacial score (nSPS) is 11.8. The number of carbonyl (C=O) groups excluding carboxylic acids is 1. The Labute approximate surface area is 201 Å². The summed E-state index contributed by atoms with van der Waals surface area (Å²) in [6.45, 7) is 1.83. The average Bonchev–Trinajstić information content (AvgIpc) is 3.09. The number of sulfonamides is 1. The number of benzene rings is 3. The smallest absolute Gasteiger partial charge is 0.265 e. The van der Waals surface area contributed by atoms with Crippen LogP contribution in [0.1, 0.15) is 32.8 Å². The second-order valence-corrected chi connectivity index (χ2v) is 9.86. The van der Waals surface area contributed by atoms with Gasteiger partial charge in [-0.25, -0.2) is 13.1 Å². The maximum Gasteiger partial charge on any atom is 0.265 e. The molecular formula is C25H19Cl2NO4S. The van der Waals surface area contributed by atoms with E-state index in [-0.39, 0.29) is 5.56 Å². The first-order chi connectivity index (χ1) is 15.7. The van der Waals surface area contributed by atoms with Gasteiger partial charge in [0, 0.05) is 33.0 Å². The van der Waals surface area contributed by atoms with Crippen molar-refractivity contribution in [3.63, 3.8) is 0 Å². The number of fused-ring (bicyclic) bond motifs is 1. The quantitative estimate of drug-likeness (QED) is 0.334. The summed E-state index contributed by atoms with van der Waals surface area (Å²) in [5.74, 6) is -0.0454. The predicted octanol–water partition coefficient (Wildman–Crippen LogP) is 6.37. The monoisotopic (exact) mass is 499 g/mol. The number of hydrogen-bond acceptors (Lipinski definition) is 4. The van der Waals surface area contributed by atoms with Crippen LogP contribution in [0.25, 0.3) is 17.0 Å². The predicted molar refractivity (Wildman–Crippen MR) is 132 cm³/mol. The highest BCUT2D eigenvalue weighted by atomic mass is 35.5. The summed E-state index contributed by atoms with van der Waals surface area (Å²) in [5.41, 5.74) is 3.21. The van der Waals surface area contributed by atoms with Crippen LogP contribution in [0.5, 0.6) is 0 Å². The molecule has 5 nitrogen and oxygen atoms in total. The van der Waals surface area contributed by atoms with E-state index < -0.39 is 15.9 Å². The molecule has 168 valence electrons. The number of hydrogen-bond donors (Lipinski definition) is 1. The van der Waals surface area contributed by atoms with Crippen molar-refractivity contribution < 1.29 is 17.6 Å². The van der Waals surface area contributed by atoms with Gasteiger partial charge in [0.2, 0.25) is 0 Å². The van der Waals surface area contributed by atoms with Crippen LogP contribution in [-0.4, -0.2) is 14.3 Å². The van der Waals surface area contributed by atoms with Gasteiger partial charge in [0.05, 0.1) is 5.41 Å². The first-order valence-electron chi connectivity index (χ1n) is 9.98. The molecular weight excluding hydrogens is 481 g/mol. The second kappa shape index (κ2) is 9.43. The lowest BCUT2D eigenvalue weighted by atomic mass is 10.0. The van der Waals surface area contributed by atoms with Crippen molar-refractivity contribution in [3.05, 3.63) is 110 Å². The van der Waals surface area contributed by atoms with Crippen molar-refractivity contribution in [2.75, 3.05) is 0 Å². The van der Waals surface area contributed by atoms with Crippen LogP contribution < -0.4 is 4.72 Å². The van der Waals surface area contributed by atoms with E-state index in [0.29, 0.717) is 38.8 Å². The highest BCUT2D eigenvalue weighted by Gasteiger charge is 2.18. The number of nitrogens with one attached hydrogen (secondary N) is 1. The first kappa shape index (κ1) is 23.1. The van der Waals surface area contributed by atoms with Gasteiger partial charge in [-0.2, -0.15) is 0 Å². The largest absolute Gasteiger partial charge is 0.461 e. The Morgan fingerprint density at radius 3 is 2.52 bits per heavy atom. The van der Waals surface area contributed by atoms with Crippen LogP contribution in [-0.2, 0) is 16.4 Å². The highest BCUT2D eigenvalue weighted by Crippen LogP contribution is 2.31. The van der Waals surface area contributed by atoms with E-state index in [1.807, 2.05) is 19.1 Å². The molecule has 0 saturated heterocycles. The molecule has 3 aromatic carbocycles. The van der Waals surface area contributed by atoms with Gasteiger partial charge in [-0.15, -0.1) is 0 Å². The zero-order valence-corrected chi connectivity index (χ0v) is 19.8. The van der Waals surface area contributed by atoms with Crippen molar-refractivity contribution in [1.82, 2.24) is 4.72 Å². The fourth-order valence-electron chi connectivity index (χ4n) is 3.44. The Bertz CT molecular complexity index is 1480. The van der Waals surface area contributed by atoms with Crippen molar-refractivity contribution in [3.8, 4) is 0 Å². The summed E-state index contributed by atoms with van der Waals surface area (Å²) >= 11 is 12.3. The third-order valence-corrected chi connectivity index (χ3v) is 6.66. The minimum absolute atomic E-state index is 0.198. The van der Waals surface area contributed by atoms with E-state index in [1.165, 1.54) is 12.1 Å². The van der Waals surface area contributed by atoms with E-state index in [0.717, 1.165) is 16.5 Å². The Kier molecular flexibility index (Phi) is 6.61. The standard InChI is InChI=1S/C25H19Cl2NO4S/c1-16-21(13-18-7-9-20(26)15-23(18)27)22-14-19(8-10-24(22)32-16)25(29)28-33(30,31)12-11-17-5-3-2-4-6-17/h2-12,14-15H,13H2,1H3,(H,28,29)/b12-11+. The molecule has 1 aromatic heterocycles. The van der Waals surface area contributed by atoms with Gasteiger partial charge in [-0.1, -0.05) is 59.6 Å². The molecule has 4 rings (SSSR count). The van der Waals surface area contributed by atoms with Crippen molar-refractivity contribution in [1.29, 1.82) is 0 Å². The SMILES string of the molecule is Cc1oc2ccc(C(=O)NS(=O)(=O)/C=C/c3ccccc3)cc2c1Cc1ccc(Cl)cc1Cl. The first-order valence-corrected chi connectivity index (χ1v) is 12.3. The van der Waals surface area contributed by atoms with Gasteiger partial charge in [-0.3, -0.25) is 4.79 Å². The van der Waals surface area contributed by atoms with Crippen LogP contribution in [0, 0.1) is 6.92 Å². The molecule has 0 spiro atoms. The molecule has 0 fully saturated rings. The summed E-state index contributed by atoms with van der Waals surface area (Å²) in [5, 5.41) is 2.75. The van der Waals surface area contributed by atoms with Gasteiger partial charge in [-0.05, 0) is 54.5 Å². The molecule has 0 aliphatic heterocycles. The molecule has 8 heteroatoms. The molecule has 1 heterocycles. The molecule has 1 N–H and O–H groups in total. The summed E-state index contributed by atoms with van der Waals surface area (Å²) in [6, 6.07) is 19.0. The molecule has 0 radical (unpaired) electrons. The minimum Gasteiger partial charge on any atom is -0.461 e. The van der Waals surface area contributed by atoms with Crippen LogP contribution in [0.2, 0.25) is 10.0 Å². The Morgan fingerprint density at radius 1 is 1.03 bits per heavy atom. The van der Waals surface area contributed by atoms with Gasteiger partial charge in [0.1, 0.15) is 11.3 Å². The van der Waals surface area contributed by atoms with Crippen LogP contribution in [0.4, 0.5) is 0 Å². The Balaban J connectivity index is 1.60. The van der Waals surface area contributed by atoms with Crippen LogP contribution in [0.3, 0.4) is 0 Å². The van der Waals surface area contributed by atoms with Crippen molar-refractivity contribution in [2.45, 2.75) is 13.3 Å². The van der Waals surface area contributed by atoms with Crippen LogP contribution >= 0.6 is 23.2 Å². The molecule has 0 bridgehead atoms. The van der Waals surface area contributed by atoms with Gasteiger partial charge < -0.3 is 4.42 Å². The third kappa shape index (κ3) is 5.47. The summed E-state index contributed by atoms with van der Waals surface area (Å²) < 4.78 is 32.6. The molecule has 0 atom stereocenters. The number of rotatable bonds is 6. The lowest BCUT2D eigenvalue weighted by molar-refractivity contribution is 0.0982. The number of aryl methyl sites for hydroxylation is 1. The maximum atomic E-state index is 12.7. The van der Waals surface area contributed by atoms with Crippen molar-refractivity contribution in [2.24, 2.45) is 0 Å². The second-order valence-electron chi connectivity index (χ2n) is 7.45. The lowest BCUT2D eigenvalue weighted by Gasteiger charge is -2.06.